The number of anilines is 2. The standard InChI is InChI=1S/C14H18N2.C14H19NO2S.C13H23NOSi.C11H19NO4S.C8H14O2S.C7H13NO2S.C5H10O2S.C5H8O2S.C3H4Cl2O.C2HF3O.CH4O.CH4.Cl2O2S/c1-15(2)12-9-5-7-11-8-6-10-13(14(11)12)16(3)4;1-17-13(16)14(18-2)8-9-15(11-14)10-12-6-4-3-5-7-12;1-15-11-14(12-16(2,3)4)10-13-8-6-5-7-9-13;1-10(2,3)16-9(15)12-6-5-11(7-12,17-4)8(13)14;1-10-7(9)8(11-2)5-3-4-6-8;1-10-6(9)7(11-2)3-4-8-5-7;2*1-4(8-2)5(7)3-6;1-2(4)3(5)6;3-2(4,5)1-6;1-2;;1-5(2,3)4/h5-10H,1-4H3;3-7H,8-11H2,1-2H3;5-9H,10-12H2,1-4H3;5-7H2,1-4H3,(H,13,14);3-6H2,1-2H3;8H,3-5H2,1-2H3;4,6H,3H2,1-2H3;6H,1,3H2,2H3;2H,1H3;1H;2H,1H3;1H4;/t;;;11-;;;;;;;;;/m...0........./s1. The van der Waals surface area contributed by atoms with Crippen LogP contribution in [0.2, 0.25) is 19.6 Å². The number of carbonyl (C=O) groups excluding carboxylic acids is 8. The van der Waals surface area contributed by atoms with Crippen LogP contribution in [0, 0.1) is 0 Å². The highest BCUT2D eigenvalue weighted by Gasteiger charge is 2.48. The molecule has 4 aromatic rings. The number of Topliss-reactive ketones (excluding diaryl/α,β-unsaturated/α-hetero) is 2. The quantitative estimate of drug-likeness (QED) is 0.00601. The van der Waals surface area contributed by atoms with Crippen LogP contribution in [0.25, 0.3) is 10.8 Å². The first-order valence-electron chi connectivity index (χ1n) is 38.4. The Hall–Kier alpha value is -4.75. The van der Waals surface area contributed by atoms with Gasteiger partial charge in [-0.05, 0) is 157 Å². The fourth-order valence-electron chi connectivity index (χ4n) is 11.4. The van der Waals surface area contributed by atoms with Gasteiger partial charge in [0.05, 0.1) is 41.4 Å². The minimum Gasteiger partial charge on any atom is -0.480 e. The van der Waals surface area contributed by atoms with Crippen LogP contribution in [0.3, 0.4) is 0 Å². The minimum atomic E-state index is -4.64. The van der Waals surface area contributed by atoms with E-state index in [0.717, 1.165) is 91.6 Å². The van der Waals surface area contributed by atoms with Gasteiger partial charge in [0.1, 0.15) is 43.2 Å². The summed E-state index contributed by atoms with van der Waals surface area (Å²) in [6, 6.07) is 33.8. The average Bonchev–Trinajstić information content (AvgIpc) is 1.74. The summed E-state index contributed by atoms with van der Waals surface area (Å²) in [5.74, 6) is -1.49. The smallest absolute Gasteiger partial charge is 0.446 e. The van der Waals surface area contributed by atoms with E-state index in [4.69, 9.17) is 75.4 Å². The van der Waals surface area contributed by atoms with E-state index in [2.05, 4.69) is 180 Å². The first kappa shape index (κ1) is 129. The predicted octanol–water partition coefficient (Wildman–Crippen LogP) is 15.8. The van der Waals surface area contributed by atoms with Crippen LogP contribution in [0.4, 0.5) is 29.3 Å². The van der Waals surface area contributed by atoms with Crippen LogP contribution < -0.4 is 15.1 Å². The van der Waals surface area contributed by atoms with Crippen LogP contribution in [0.5, 0.6) is 0 Å². The summed E-state index contributed by atoms with van der Waals surface area (Å²) in [6.45, 7) is 25.1. The van der Waals surface area contributed by atoms with Gasteiger partial charge in [0.15, 0.2) is 11.6 Å². The molecule has 1 saturated carbocycles. The number of nitrogens with one attached hydrogen (secondary N) is 1. The Morgan fingerprint density at radius 2 is 1.09 bits per heavy atom. The van der Waals surface area contributed by atoms with Gasteiger partial charge in [0.25, 0.3) is 0 Å². The fraction of sp³-hybridized carbons (Fsp3) is 0.607. The van der Waals surface area contributed by atoms with Gasteiger partial charge in [0.2, 0.25) is 11.5 Å². The third kappa shape index (κ3) is 54.6. The number of esters is 3. The zero-order chi connectivity index (χ0) is 96.6. The molecule has 3 aliphatic heterocycles. The molecular formula is C84H137Cl4F3N6O20S7Si. The van der Waals surface area contributed by atoms with E-state index < -0.39 is 68.4 Å². The first-order chi connectivity index (χ1) is 57.7. The summed E-state index contributed by atoms with van der Waals surface area (Å²) in [6.07, 6.45) is 12.8. The van der Waals surface area contributed by atoms with Gasteiger partial charge >= 0.3 is 44.4 Å². The van der Waals surface area contributed by atoms with E-state index >= 15 is 0 Å². The number of aliphatic carboxylic acids is 1. The van der Waals surface area contributed by atoms with Crippen LogP contribution >= 0.6 is 115 Å². The van der Waals surface area contributed by atoms with E-state index in [-0.39, 0.29) is 69.5 Å². The van der Waals surface area contributed by atoms with Gasteiger partial charge in [-0.1, -0.05) is 131 Å². The number of nitrogens with zero attached hydrogens (tertiary/aromatic N) is 5. The van der Waals surface area contributed by atoms with Crippen LogP contribution in [-0.2, 0) is 83.4 Å². The second-order valence-corrected chi connectivity index (χ2v) is 46.8. The SMILES string of the molecule is C.C=C(SC)C(=O)CO.CC(Cl)C(=O)Cl.CN(C)c1cccc2cccc(N(C)C)c12.CO.COC(=O)C1(SC)CCCC1.COC(=O)C1(SC)CCN(Cc2ccccc2)C1.COC(=O)C1(SC)CCNC1.COCN(Cc1ccccc1)C[Si](C)(C)C.CSC(C)C(=O)CO.CS[C@@]1(C(=O)O)CCN(C(=O)OC(C)(C)C)C1.O=CC(F)(F)F.O=S(=O)(Cl)Cl. The lowest BCUT2D eigenvalue weighted by Crippen LogP contribution is -2.41. The van der Waals surface area contributed by atoms with Crippen molar-refractivity contribution >= 4 is 207 Å². The second kappa shape index (κ2) is 67.4. The molecule has 41 heteroatoms. The normalized spacial score (nSPS) is 17.4. The number of alkyl halides is 4. The fourth-order valence-corrected chi connectivity index (χ4v) is 16.9. The maximum absolute atomic E-state index is 11.9. The lowest BCUT2D eigenvalue weighted by molar-refractivity contribution is -0.156. The molecule has 4 unspecified atom stereocenters. The molecule has 4 aromatic carbocycles. The Bertz CT molecular complexity index is 3780. The Kier molecular flexibility index (Phi) is 69.4. The van der Waals surface area contributed by atoms with Crippen molar-refractivity contribution in [3.05, 3.63) is 120 Å². The van der Waals surface area contributed by atoms with E-state index in [1.165, 1.54) is 108 Å². The topological polar surface area (TPSA) is 343 Å². The number of amides is 1. The third-order valence-corrected chi connectivity index (χ3v) is 26.7. The van der Waals surface area contributed by atoms with Gasteiger partial charge in [-0.3, -0.25) is 48.2 Å². The number of ketones is 2. The van der Waals surface area contributed by atoms with Gasteiger partial charge in [0, 0.05) is 131 Å². The number of carbonyl (C=O) groups is 9. The number of carboxylic acid groups (broad SMARTS) is 1. The van der Waals surface area contributed by atoms with E-state index in [9.17, 15) is 56.6 Å². The molecule has 5 N–H and O–H groups in total. The number of hydrogen-bond donors (Lipinski definition) is 5. The Morgan fingerprint density at radius 1 is 0.664 bits per heavy atom. The molecule has 1 amide bonds. The van der Waals surface area contributed by atoms with Gasteiger partial charge < -0.3 is 64.1 Å². The molecule has 1 aliphatic carbocycles. The maximum atomic E-state index is 11.9. The number of fused-ring (bicyclic) bond motifs is 1. The Labute approximate surface area is 786 Å². The number of ether oxygens (including phenoxy) is 5. The zero-order valence-electron chi connectivity index (χ0n) is 75.7. The van der Waals surface area contributed by atoms with Crippen molar-refractivity contribution in [1.29, 1.82) is 0 Å². The van der Waals surface area contributed by atoms with E-state index in [0.29, 0.717) is 17.9 Å². The van der Waals surface area contributed by atoms with E-state index in [1.54, 1.807) is 82.6 Å². The number of benzene rings is 4. The van der Waals surface area contributed by atoms with Crippen LogP contribution in [0.15, 0.2) is 109 Å². The number of aliphatic hydroxyl groups is 3. The summed E-state index contributed by atoms with van der Waals surface area (Å²) in [7, 11) is 19.2. The van der Waals surface area contributed by atoms with Gasteiger partial charge in [-0.25, -0.2) is 4.79 Å². The van der Waals surface area contributed by atoms with Crippen LogP contribution in [-0.4, -0.2) is 313 Å². The van der Waals surface area contributed by atoms with Crippen LogP contribution in [0.1, 0.15) is 98.1 Å². The molecule has 4 fully saturated rings. The predicted molar refractivity (Wildman–Crippen MR) is 522 cm³/mol. The first-order valence-corrected chi connectivity index (χ1v) is 53.5. The highest BCUT2D eigenvalue weighted by molar-refractivity contribution is 8.31. The molecule has 5 atom stereocenters. The van der Waals surface area contributed by atoms with E-state index in [1.807, 2.05) is 43.2 Å². The molecule has 125 heavy (non-hydrogen) atoms. The van der Waals surface area contributed by atoms with Gasteiger partial charge in [-0.15, -0.1) is 70.4 Å². The highest BCUT2D eigenvalue weighted by Crippen LogP contribution is 2.42. The lowest BCUT2D eigenvalue weighted by atomic mass is 10.1. The number of rotatable bonds is 25. The number of carboxylic acids is 1. The van der Waals surface area contributed by atoms with Crippen molar-refractivity contribution < 1.29 is 109 Å². The van der Waals surface area contributed by atoms with Crippen molar-refractivity contribution in [2.24, 2.45) is 0 Å². The molecule has 4 aliphatic rings. The summed E-state index contributed by atoms with van der Waals surface area (Å²) in [4.78, 5) is 108. The number of halogens is 7. The second-order valence-electron chi connectivity index (χ2n) is 29.9. The molecule has 0 aromatic heterocycles. The molecule has 718 valence electrons. The molecule has 3 saturated heterocycles. The maximum Gasteiger partial charge on any atom is 0.446 e. The number of likely N-dealkylation sites (tertiary alicyclic amines) is 2. The zero-order valence-corrected chi connectivity index (χ0v) is 85.4. The molecular weight excluding hydrogens is 1860 g/mol. The number of thioether (sulfide) groups is 6. The van der Waals surface area contributed by atoms with Crippen molar-refractivity contribution in [3.8, 4) is 0 Å². The molecule has 0 bridgehead atoms. The molecule has 26 nitrogen and oxygen atoms in total. The molecule has 0 radical (unpaired) electrons. The molecule has 3 heterocycles. The van der Waals surface area contributed by atoms with Crippen molar-refractivity contribution in [2.75, 3.05) is 176 Å². The molecule has 0 spiro atoms. The molecule has 8 rings (SSSR count). The number of aliphatic hydroxyl groups excluding tert-OH is 3. The number of methoxy groups -OCH3 is 4. The summed E-state index contributed by atoms with van der Waals surface area (Å²) in [5.41, 5.74) is 4.63. The average molecular weight is 2000 g/mol. The monoisotopic (exact) mass is 2000 g/mol. The minimum absolute atomic E-state index is 0. The van der Waals surface area contributed by atoms with Crippen molar-refractivity contribution in [3.63, 3.8) is 0 Å². The Morgan fingerprint density at radius 3 is 1.40 bits per heavy atom. The summed E-state index contributed by atoms with van der Waals surface area (Å²) >= 11 is 18.8. The summed E-state index contributed by atoms with van der Waals surface area (Å²) in [5, 5.41) is 37.3. The highest BCUT2D eigenvalue weighted by atomic mass is 36.0. The third-order valence-electron chi connectivity index (χ3n) is 17.8. The largest absolute Gasteiger partial charge is 0.480 e. The Balaban J connectivity index is -0.000000430. The number of aldehydes is 1. The van der Waals surface area contributed by atoms with Crippen molar-refractivity contribution in [2.45, 2.75) is 161 Å². The number of hydrogen-bond acceptors (Lipinski definition) is 30. The van der Waals surface area contributed by atoms with Gasteiger partial charge in [-0.2, -0.15) is 33.4 Å². The van der Waals surface area contributed by atoms with Crippen molar-refractivity contribution in [1.82, 2.24) is 20.0 Å². The summed E-state index contributed by atoms with van der Waals surface area (Å²) < 4.78 is 72.7. The lowest BCUT2D eigenvalue weighted by Gasteiger charge is -2.28.